The first-order valence-electron chi connectivity index (χ1n) is 10.3. The van der Waals surface area contributed by atoms with Crippen LogP contribution in [0.3, 0.4) is 0 Å². The van der Waals surface area contributed by atoms with Crippen molar-refractivity contribution < 1.29 is 0 Å². The summed E-state index contributed by atoms with van der Waals surface area (Å²) in [4.78, 5) is 8.07. The highest BCUT2D eigenvalue weighted by Gasteiger charge is 2.45. The average Bonchev–Trinajstić information content (AvgIpc) is 3.28. The Morgan fingerprint density at radius 2 is 1.48 bits per heavy atom. The number of hydrogen-bond acceptors (Lipinski definition) is 3. The van der Waals surface area contributed by atoms with E-state index in [0.29, 0.717) is 5.41 Å². The molecule has 0 aromatic heterocycles. The summed E-state index contributed by atoms with van der Waals surface area (Å²) in [5.74, 6) is 0. The molecule has 4 fully saturated rings. The first-order valence-corrected chi connectivity index (χ1v) is 10.3. The molecular formula is C20H37N3. The number of hydrogen-bond donors (Lipinski definition) is 0. The summed E-state index contributed by atoms with van der Waals surface area (Å²) >= 11 is 0. The molecule has 23 heavy (non-hydrogen) atoms. The zero-order valence-corrected chi connectivity index (χ0v) is 15.5. The molecule has 132 valence electrons. The van der Waals surface area contributed by atoms with Gasteiger partial charge in [0.1, 0.15) is 0 Å². The Bertz CT molecular complexity index is 393. The highest BCUT2D eigenvalue weighted by atomic mass is 15.3. The lowest BCUT2D eigenvalue weighted by molar-refractivity contribution is -0.0186. The van der Waals surface area contributed by atoms with E-state index in [0.717, 1.165) is 11.5 Å². The maximum atomic E-state index is 2.82. The maximum absolute atomic E-state index is 2.82. The van der Waals surface area contributed by atoms with Gasteiger partial charge in [-0.3, -0.25) is 4.90 Å². The summed E-state index contributed by atoms with van der Waals surface area (Å²) in [6, 6.07) is 0.876. The summed E-state index contributed by atoms with van der Waals surface area (Å²) in [7, 11) is 2.25. The standard InChI is InChI=1S/C20H37N3/c1-3-4-20(5-6-20)17-22-11-7-19(8-12-22)9-13-23(14-10-19)18-15-21(2)16-18/h18H,3-17H2,1-2H3. The Morgan fingerprint density at radius 1 is 0.870 bits per heavy atom. The average molecular weight is 320 g/mol. The minimum atomic E-state index is 0.712. The second-order valence-electron chi connectivity index (χ2n) is 9.44. The molecule has 3 saturated heterocycles. The molecule has 3 heteroatoms. The van der Waals surface area contributed by atoms with E-state index in [1.54, 1.807) is 0 Å². The topological polar surface area (TPSA) is 9.72 Å². The SMILES string of the molecule is CCCC1(CN2CCC3(CC2)CCN(C2CN(C)C2)CC3)CC1. The van der Waals surface area contributed by atoms with Crippen LogP contribution in [0.25, 0.3) is 0 Å². The molecule has 3 heterocycles. The van der Waals surface area contributed by atoms with Crippen LogP contribution < -0.4 is 0 Å². The predicted octanol–water partition coefficient (Wildman–Crippen LogP) is 3.06. The number of nitrogens with zero attached hydrogens (tertiary/aromatic N) is 3. The third kappa shape index (κ3) is 3.48. The summed E-state index contributed by atoms with van der Waals surface area (Å²) in [6.45, 7) is 11.9. The van der Waals surface area contributed by atoms with E-state index in [9.17, 15) is 0 Å². The first kappa shape index (κ1) is 16.4. The van der Waals surface area contributed by atoms with Gasteiger partial charge in [0, 0.05) is 25.7 Å². The van der Waals surface area contributed by atoms with Crippen LogP contribution in [0.15, 0.2) is 0 Å². The summed E-state index contributed by atoms with van der Waals surface area (Å²) in [5, 5.41) is 0. The van der Waals surface area contributed by atoms with Gasteiger partial charge in [0.05, 0.1) is 0 Å². The highest BCUT2D eigenvalue weighted by molar-refractivity contribution is 4.98. The number of likely N-dealkylation sites (N-methyl/N-ethyl adjacent to an activating group) is 1. The third-order valence-electron chi connectivity index (χ3n) is 7.63. The van der Waals surface area contributed by atoms with Crippen LogP contribution >= 0.6 is 0 Å². The number of rotatable bonds is 5. The Hall–Kier alpha value is -0.120. The molecule has 3 nitrogen and oxygen atoms in total. The quantitative estimate of drug-likeness (QED) is 0.771. The van der Waals surface area contributed by atoms with Crippen molar-refractivity contribution in [2.24, 2.45) is 10.8 Å². The number of piperidine rings is 2. The van der Waals surface area contributed by atoms with Crippen molar-refractivity contribution in [1.82, 2.24) is 14.7 Å². The van der Waals surface area contributed by atoms with Crippen molar-refractivity contribution >= 4 is 0 Å². The lowest BCUT2D eigenvalue weighted by atomic mass is 9.70. The van der Waals surface area contributed by atoms with E-state index in [4.69, 9.17) is 0 Å². The molecular weight excluding hydrogens is 282 g/mol. The van der Waals surface area contributed by atoms with Crippen LogP contribution in [0.5, 0.6) is 0 Å². The molecule has 0 unspecified atom stereocenters. The van der Waals surface area contributed by atoms with Crippen LogP contribution in [0.1, 0.15) is 58.3 Å². The van der Waals surface area contributed by atoms with E-state index < -0.39 is 0 Å². The van der Waals surface area contributed by atoms with Crippen molar-refractivity contribution in [3.05, 3.63) is 0 Å². The van der Waals surface area contributed by atoms with Gasteiger partial charge in [0.25, 0.3) is 0 Å². The van der Waals surface area contributed by atoms with Gasteiger partial charge in [-0.1, -0.05) is 13.3 Å². The Labute approximate surface area is 143 Å². The minimum Gasteiger partial charge on any atom is -0.303 e. The number of likely N-dealkylation sites (tertiary alicyclic amines) is 3. The lowest BCUT2D eigenvalue weighted by Gasteiger charge is -2.51. The van der Waals surface area contributed by atoms with Crippen molar-refractivity contribution in [3.63, 3.8) is 0 Å². The van der Waals surface area contributed by atoms with Gasteiger partial charge < -0.3 is 9.80 Å². The van der Waals surface area contributed by atoms with Crippen LogP contribution in [0.2, 0.25) is 0 Å². The summed E-state index contributed by atoms with van der Waals surface area (Å²) < 4.78 is 0. The summed E-state index contributed by atoms with van der Waals surface area (Å²) in [6.07, 6.45) is 11.8. The Kier molecular flexibility index (Phi) is 4.49. The molecule has 0 aromatic rings. The van der Waals surface area contributed by atoms with Gasteiger partial charge >= 0.3 is 0 Å². The molecule has 4 aliphatic rings. The molecule has 3 aliphatic heterocycles. The molecule has 0 atom stereocenters. The largest absolute Gasteiger partial charge is 0.303 e. The van der Waals surface area contributed by atoms with Crippen LogP contribution in [-0.4, -0.2) is 73.6 Å². The molecule has 0 radical (unpaired) electrons. The second kappa shape index (κ2) is 6.31. The minimum absolute atomic E-state index is 0.712. The van der Waals surface area contributed by atoms with E-state index in [1.165, 1.54) is 97.2 Å². The van der Waals surface area contributed by atoms with E-state index in [2.05, 4.69) is 28.7 Å². The van der Waals surface area contributed by atoms with Crippen molar-refractivity contribution in [3.8, 4) is 0 Å². The fourth-order valence-electron chi connectivity index (χ4n) is 5.61. The second-order valence-corrected chi connectivity index (χ2v) is 9.44. The molecule has 4 rings (SSSR count). The molecule has 1 saturated carbocycles. The maximum Gasteiger partial charge on any atom is 0.0350 e. The van der Waals surface area contributed by atoms with Gasteiger partial charge in [-0.15, -0.1) is 0 Å². The van der Waals surface area contributed by atoms with Gasteiger partial charge in [-0.2, -0.15) is 0 Å². The van der Waals surface area contributed by atoms with Gasteiger partial charge in [0.2, 0.25) is 0 Å². The predicted molar refractivity (Wildman–Crippen MR) is 96.8 cm³/mol. The smallest absolute Gasteiger partial charge is 0.0350 e. The third-order valence-corrected chi connectivity index (χ3v) is 7.63. The molecule has 1 spiro atoms. The van der Waals surface area contributed by atoms with Crippen molar-refractivity contribution in [1.29, 1.82) is 0 Å². The molecule has 0 bridgehead atoms. The van der Waals surface area contributed by atoms with E-state index in [-0.39, 0.29) is 0 Å². The van der Waals surface area contributed by atoms with Crippen LogP contribution in [0, 0.1) is 10.8 Å². The summed E-state index contributed by atoms with van der Waals surface area (Å²) in [5.41, 5.74) is 1.46. The first-order chi connectivity index (χ1) is 11.1. The fourth-order valence-corrected chi connectivity index (χ4v) is 5.61. The highest BCUT2D eigenvalue weighted by Crippen LogP contribution is 2.51. The molecule has 0 amide bonds. The Balaban J connectivity index is 1.22. The Morgan fingerprint density at radius 3 is 2.00 bits per heavy atom. The van der Waals surface area contributed by atoms with Crippen LogP contribution in [-0.2, 0) is 0 Å². The molecule has 1 aliphatic carbocycles. The monoisotopic (exact) mass is 319 g/mol. The van der Waals surface area contributed by atoms with E-state index >= 15 is 0 Å². The van der Waals surface area contributed by atoms with Crippen LogP contribution in [0.4, 0.5) is 0 Å². The van der Waals surface area contributed by atoms with Gasteiger partial charge in [-0.05, 0) is 89.0 Å². The van der Waals surface area contributed by atoms with Gasteiger partial charge in [-0.25, -0.2) is 0 Å². The molecule has 0 N–H and O–H groups in total. The zero-order chi connectivity index (χ0) is 15.9. The lowest BCUT2D eigenvalue weighted by Crippen LogP contribution is -2.60. The van der Waals surface area contributed by atoms with Crippen molar-refractivity contribution in [2.45, 2.75) is 64.3 Å². The van der Waals surface area contributed by atoms with Crippen molar-refractivity contribution in [2.75, 3.05) is 52.9 Å². The normalized spacial score (nSPS) is 32.1. The fraction of sp³-hybridized carbons (Fsp3) is 1.00. The molecule has 0 aromatic carbocycles. The zero-order valence-electron chi connectivity index (χ0n) is 15.5. The van der Waals surface area contributed by atoms with E-state index in [1.807, 2.05) is 0 Å². The van der Waals surface area contributed by atoms with Gasteiger partial charge in [0.15, 0.2) is 0 Å².